The van der Waals surface area contributed by atoms with Gasteiger partial charge in [0.05, 0.1) is 5.57 Å². The minimum Gasteiger partial charge on any atom is -0.507 e. The first-order chi connectivity index (χ1) is 16.9. The molecule has 0 aromatic rings. The van der Waals surface area contributed by atoms with Gasteiger partial charge in [0.15, 0.2) is 0 Å². The lowest BCUT2D eigenvalue weighted by atomic mass is 9.71. The number of hydrogen-bond donors (Lipinski definition) is 1. The van der Waals surface area contributed by atoms with Gasteiger partial charge in [-0.1, -0.05) is 58.3 Å². The number of unbranched alkanes of at least 4 members (excludes halogenated alkanes) is 2. The summed E-state index contributed by atoms with van der Waals surface area (Å²) < 4.78 is 6.09. The van der Waals surface area contributed by atoms with Crippen LogP contribution in [-0.2, 0) is 19.1 Å². The number of aliphatic hydroxyl groups is 1. The number of fused-ring (bicyclic) bond motifs is 2. The molecule has 5 nitrogen and oxygen atoms in total. The Labute approximate surface area is 215 Å². The lowest BCUT2D eigenvalue weighted by molar-refractivity contribution is -0.152. The van der Waals surface area contributed by atoms with Crippen molar-refractivity contribution < 1.29 is 24.2 Å². The number of aliphatic hydroxyl groups excluding tert-OH is 1. The molecule has 196 valence electrons. The van der Waals surface area contributed by atoms with Crippen LogP contribution in [0.5, 0.6) is 0 Å². The molecule has 4 aliphatic carbocycles. The van der Waals surface area contributed by atoms with Crippen molar-refractivity contribution in [2.75, 3.05) is 0 Å². The number of ether oxygens (including phenoxy) is 1. The van der Waals surface area contributed by atoms with E-state index in [1.165, 1.54) is 0 Å². The van der Waals surface area contributed by atoms with Crippen LogP contribution in [0.25, 0.3) is 0 Å². The maximum atomic E-state index is 13.7. The Morgan fingerprint density at radius 1 is 1.22 bits per heavy atom. The quantitative estimate of drug-likeness (QED) is 0.133. The molecule has 0 radical (unpaired) electrons. The predicted octanol–water partition coefficient (Wildman–Crippen LogP) is 6.74. The van der Waals surface area contributed by atoms with Crippen LogP contribution in [0.3, 0.4) is 0 Å². The summed E-state index contributed by atoms with van der Waals surface area (Å²) in [5.41, 5.74) is 1.25. The summed E-state index contributed by atoms with van der Waals surface area (Å²) in [6, 6.07) is 0. The molecule has 4 rings (SSSR count). The van der Waals surface area contributed by atoms with Crippen molar-refractivity contribution >= 4 is 17.5 Å². The number of allylic oxidation sites excluding steroid dienone is 5. The van der Waals surface area contributed by atoms with Gasteiger partial charge >= 0.3 is 5.97 Å². The highest BCUT2D eigenvalue weighted by Gasteiger charge is 2.59. The fourth-order valence-corrected chi connectivity index (χ4v) is 7.39. The van der Waals surface area contributed by atoms with Crippen molar-refractivity contribution in [3.63, 3.8) is 0 Å². The van der Waals surface area contributed by atoms with Crippen LogP contribution < -0.4 is 0 Å². The van der Waals surface area contributed by atoms with E-state index in [2.05, 4.69) is 34.3 Å². The zero-order chi connectivity index (χ0) is 26.4. The summed E-state index contributed by atoms with van der Waals surface area (Å²) in [4.78, 5) is 40.5. The monoisotopic (exact) mass is 494 g/mol. The lowest BCUT2D eigenvalue weighted by Crippen LogP contribution is -2.39. The third kappa shape index (κ3) is 4.54. The summed E-state index contributed by atoms with van der Waals surface area (Å²) in [5, 5.41) is 11.5. The maximum Gasteiger partial charge on any atom is 0.342 e. The van der Waals surface area contributed by atoms with Crippen molar-refractivity contribution in [3.8, 4) is 0 Å². The molecule has 4 aliphatic rings. The first-order valence-electron chi connectivity index (χ1n) is 13.7. The van der Waals surface area contributed by atoms with Crippen LogP contribution in [0.1, 0.15) is 92.4 Å². The highest BCUT2D eigenvalue weighted by atomic mass is 16.5. The van der Waals surface area contributed by atoms with Gasteiger partial charge in [0.25, 0.3) is 0 Å². The van der Waals surface area contributed by atoms with Crippen LogP contribution in [0.2, 0.25) is 0 Å². The van der Waals surface area contributed by atoms with Crippen molar-refractivity contribution in [1.29, 1.82) is 0 Å². The Hall–Kier alpha value is -2.43. The molecular weight excluding hydrogens is 452 g/mol. The molecule has 2 bridgehead atoms. The fraction of sp³-hybridized carbons (Fsp3) is 0.645. The fourth-order valence-electron chi connectivity index (χ4n) is 7.39. The number of esters is 1. The van der Waals surface area contributed by atoms with Gasteiger partial charge in [0.2, 0.25) is 11.6 Å². The highest BCUT2D eigenvalue weighted by Crippen LogP contribution is 2.63. The van der Waals surface area contributed by atoms with Crippen molar-refractivity contribution in [1.82, 2.24) is 0 Å². The third-order valence-electron chi connectivity index (χ3n) is 9.39. The molecule has 0 aliphatic heterocycles. The van der Waals surface area contributed by atoms with Gasteiger partial charge in [-0.2, -0.15) is 0 Å². The molecule has 1 N–H and O–H groups in total. The van der Waals surface area contributed by atoms with Crippen molar-refractivity contribution in [2.45, 2.75) is 98.5 Å². The van der Waals surface area contributed by atoms with Crippen LogP contribution >= 0.6 is 0 Å². The smallest absolute Gasteiger partial charge is 0.342 e. The summed E-state index contributed by atoms with van der Waals surface area (Å²) in [6.45, 7) is 14.7. The van der Waals surface area contributed by atoms with E-state index in [0.717, 1.165) is 50.5 Å². The molecular formula is C31H42O5. The lowest BCUT2D eigenvalue weighted by Gasteiger charge is -2.38. The average Bonchev–Trinajstić information content (AvgIpc) is 3.25. The molecule has 3 unspecified atom stereocenters. The number of hydrogen-bond acceptors (Lipinski definition) is 5. The molecule has 36 heavy (non-hydrogen) atoms. The van der Waals surface area contributed by atoms with Crippen molar-refractivity contribution in [2.24, 2.45) is 28.6 Å². The van der Waals surface area contributed by atoms with Gasteiger partial charge in [-0.15, -0.1) is 6.58 Å². The standard InChI is InChI=1S/C31H42O5/c1-7-9-10-11-21-25(29(35)36-23-15-20-16-31(23,6)17-30(20,4)5)27(33)24(28(34)26(21)32)22-14-18(3)12-13-19(22)8-2/h8,14,19-20,22-23,33H,2,7,9-13,15-17H2,1,3-6H3/t19-,20?,22-,23?,31?/m1/s1. The second kappa shape index (κ2) is 9.79. The van der Waals surface area contributed by atoms with Gasteiger partial charge in [-0.3, -0.25) is 9.59 Å². The summed E-state index contributed by atoms with van der Waals surface area (Å²) in [7, 11) is 0. The molecule has 0 spiro atoms. The number of carbonyl (C=O) groups excluding carboxylic acids is 3. The molecule has 0 heterocycles. The second-order valence-electron chi connectivity index (χ2n) is 12.6. The Bertz CT molecular complexity index is 1070. The molecule has 0 saturated heterocycles. The highest BCUT2D eigenvalue weighted by molar-refractivity contribution is 6.51. The molecule has 0 aromatic carbocycles. The molecule has 0 aromatic heterocycles. The zero-order valence-electron chi connectivity index (χ0n) is 22.6. The Morgan fingerprint density at radius 2 is 1.94 bits per heavy atom. The van der Waals surface area contributed by atoms with Crippen LogP contribution in [0, 0.1) is 28.6 Å². The van der Waals surface area contributed by atoms with E-state index >= 15 is 0 Å². The van der Waals surface area contributed by atoms with Crippen LogP contribution in [0.15, 0.2) is 46.8 Å². The normalized spacial score (nSPS) is 33.8. The van der Waals surface area contributed by atoms with Gasteiger partial charge in [0, 0.05) is 16.9 Å². The van der Waals surface area contributed by atoms with E-state index in [1.54, 1.807) is 6.08 Å². The summed E-state index contributed by atoms with van der Waals surface area (Å²) in [6.07, 6.45) is 10.6. The van der Waals surface area contributed by atoms with E-state index in [0.29, 0.717) is 12.3 Å². The third-order valence-corrected chi connectivity index (χ3v) is 9.39. The largest absolute Gasteiger partial charge is 0.507 e. The van der Waals surface area contributed by atoms with Gasteiger partial charge in [-0.05, 0) is 69.1 Å². The Morgan fingerprint density at radius 3 is 2.53 bits per heavy atom. The molecule has 5 atom stereocenters. The minimum absolute atomic E-state index is 0.0235. The molecule has 2 saturated carbocycles. The van der Waals surface area contributed by atoms with Gasteiger partial charge < -0.3 is 9.84 Å². The molecule has 0 amide bonds. The SMILES string of the molecule is C=C[C@@H]1CCC(C)=C[C@H]1C1=C(O)C(C(=O)OC2CC3CC2(C)CC3(C)C)=C(CCCCC)C(=O)C1=O. The maximum absolute atomic E-state index is 13.7. The predicted molar refractivity (Wildman–Crippen MR) is 140 cm³/mol. The van der Waals surface area contributed by atoms with E-state index in [1.807, 2.05) is 13.0 Å². The number of carbonyl (C=O) groups is 3. The first-order valence-corrected chi connectivity index (χ1v) is 13.7. The van der Waals surface area contributed by atoms with E-state index in [9.17, 15) is 19.5 Å². The van der Waals surface area contributed by atoms with E-state index in [-0.39, 0.29) is 51.8 Å². The van der Waals surface area contributed by atoms with Crippen molar-refractivity contribution in [3.05, 3.63) is 46.8 Å². The Balaban J connectivity index is 1.73. The first kappa shape index (κ1) is 26.6. The Kier molecular flexibility index (Phi) is 7.24. The minimum atomic E-state index is -0.702. The van der Waals surface area contributed by atoms with E-state index < -0.39 is 23.5 Å². The molecule has 5 heteroatoms. The van der Waals surface area contributed by atoms with Crippen LogP contribution in [-0.4, -0.2) is 28.7 Å². The number of ketones is 2. The number of Topliss-reactive ketones (excluding diaryl/α,β-unsaturated/α-hetero) is 2. The second-order valence-corrected chi connectivity index (χ2v) is 12.6. The van der Waals surface area contributed by atoms with Crippen LogP contribution in [0.4, 0.5) is 0 Å². The average molecular weight is 495 g/mol. The summed E-state index contributed by atoms with van der Waals surface area (Å²) >= 11 is 0. The summed E-state index contributed by atoms with van der Waals surface area (Å²) in [5.74, 6) is -2.50. The van der Waals surface area contributed by atoms with Gasteiger partial charge in [0.1, 0.15) is 17.4 Å². The number of rotatable bonds is 8. The zero-order valence-corrected chi connectivity index (χ0v) is 22.6. The van der Waals surface area contributed by atoms with Gasteiger partial charge in [-0.25, -0.2) is 4.79 Å². The molecule has 2 fully saturated rings. The van der Waals surface area contributed by atoms with E-state index in [4.69, 9.17) is 4.74 Å². The topological polar surface area (TPSA) is 80.7 Å².